The van der Waals surface area contributed by atoms with Gasteiger partial charge in [0, 0.05) is 12.2 Å². The van der Waals surface area contributed by atoms with E-state index in [1.807, 2.05) is 6.07 Å². The second-order valence-corrected chi connectivity index (χ2v) is 3.81. The van der Waals surface area contributed by atoms with Crippen molar-refractivity contribution in [3.8, 4) is 6.07 Å². The number of anilines is 2. The topological polar surface area (TPSA) is 74.7 Å². The maximum atomic E-state index is 8.70. The quantitative estimate of drug-likeness (QED) is 0.796. The van der Waals surface area contributed by atoms with Crippen molar-refractivity contribution in [1.82, 2.24) is 4.98 Å². The summed E-state index contributed by atoms with van der Waals surface area (Å²) in [5, 5.41) is 12.0. The van der Waals surface area contributed by atoms with Crippen LogP contribution >= 0.6 is 0 Å². The first-order valence-electron chi connectivity index (χ1n) is 5.63. The third kappa shape index (κ3) is 3.13. The number of nitrogens with two attached hydrogens (primary N) is 1. The molecule has 1 unspecified atom stereocenters. The lowest BCUT2D eigenvalue weighted by atomic mass is 10.1. The number of pyridine rings is 1. The molecule has 0 aliphatic carbocycles. The van der Waals surface area contributed by atoms with Gasteiger partial charge in [0.05, 0.1) is 11.3 Å². The van der Waals surface area contributed by atoms with Gasteiger partial charge in [-0.1, -0.05) is 20.3 Å². The molecular formula is C12H18N4. The van der Waals surface area contributed by atoms with Crippen molar-refractivity contribution in [1.29, 1.82) is 5.26 Å². The molecule has 1 aromatic rings. The lowest BCUT2D eigenvalue weighted by Gasteiger charge is -2.17. The highest BCUT2D eigenvalue weighted by molar-refractivity contribution is 5.63. The number of nitrogens with zero attached hydrogens (tertiary/aromatic N) is 2. The Morgan fingerprint density at radius 1 is 1.56 bits per heavy atom. The first kappa shape index (κ1) is 12.3. The summed E-state index contributed by atoms with van der Waals surface area (Å²) < 4.78 is 0. The Morgan fingerprint density at radius 2 is 2.31 bits per heavy atom. The van der Waals surface area contributed by atoms with E-state index in [1.165, 1.54) is 6.20 Å². The van der Waals surface area contributed by atoms with Crippen molar-refractivity contribution < 1.29 is 0 Å². The third-order valence-corrected chi connectivity index (χ3v) is 2.52. The fourth-order valence-corrected chi connectivity index (χ4v) is 1.58. The molecule has 86 valence electrons. The predicted octanol–water partition coefficient (Wildman–Crippen LogP) is 2.53. The minimum absolute atomic E-state index is 0.396. The third-order valence-electron chi connectivity index (χ3n) is 2.52. The van der Waals surface area contributed by atoms with Gasteiger partial charge in [0.2, 0.25) is 0 Å². The molecule has 0 saturated carbocycles. The largest absolute Gasteiger partial charge is 0.396 e. The molecule has 0 fully saturated rings. The van der Waals surface area contributed by atoms with E-state index in [0.29, 0.717) is 23.1 Å². The molecule has 4 heteroatoms. The van der Waals surface area contributed by atoms with Gasteiger partial charge in [0.1, 0.15) is 11.9 Å². The Bertz CT molecular complexity index is 381. The van der Waals surface area contributed by atoms with Crippen molar-refractivity contribution in [3.63, 3.8) is 0 Å². The van der Waals surface area contributed by atoms with Crippen LogP contribution in [0.15, 0.2) is 12.3 Å². The second-order valence-electron chi connectivity index (χ2n) is 3.81. The van der Waals surface area contributed by atoms with Gasteiger partial charge >= 0.3 is 0 Å². The molecule has 1 atom stereocenters. The maximum Gasteiger partial charge on any atom is 0.149 e. The number of hydrogen-bond acceptors (Lipinski definition) is 4. The van der Waals surface area contributed by atoms with E-state index in [2.05, 4.69) is 24.1 Å². The summed E-state index contributed by atoms with van der Waals surface area (Å²) in [6, 6.07) is 4.06. The molecule has 0 aliphatic heterocycles. The van der Waals surface area contributed by atoms with Crippen LogP contribution in [0.5, 0.6) is 0 Å². The second kappa shape index (κ2) is 5.96. The zero-order valence-corrected chi connectivity index (χ0v) is 9.83. The summed E-state index contributed by atoms with van der Waals surface area (Å²) >= 11 is 0. The molecule has 0 aliphatic rings. The summed E-state index contributed by atoms with van der Waals surface area (Å²) in [7, 11) is 0. The molecule has 1 rings (SSSR count). The average Bonchev–Trinajstić information content (AvgIpc) is 2.30. The van der Waals surface area contributed by atoms with Crippen LogP contribution in [0.25, 0.3) is 0 Å². The highest BCUT2D eigenvalue weighted by atomic mass is 15.0. The van der Waals surface area contributed by atoms with Crippen LogP contribution in [0.3, 0.4) is 0 Å². The summed E-state index contributed by atoms with van der Waals surface area (Å²) in [4.78, 5) is 4.16. The van der Waals surface area contributed by atoms with E-state index in [-0.39, 0.29) is 0 Å². The summed E-state index contributed by atoms with van der Waals surface area (Å²) in [6.45, 7) is 4.28. The van der Waals surface area contributed by atoms with Crippen molar-refractivity contribution in [2.24, 2.45) is 0 Å². The van der Waals surface area contributed by atoms with Gasteiger partial charge in [-0.25, -0.2) is 4.98 Å². The number of nitriles is 1. The zero-order valence-electron chi connectivity index (χ0n) is 9.83. The van der Waals surface area contributed by atoms with Crippen molar-refractivity contribution in [2.75, 3.05) is 11.1 Å². The molecule has 4 nitrogen and oxygen atoms in total. The fourth-order valence-electron chi connectivity index (χ4n) is 1.58. The normalized spacial score (nSPS) is 11.8. The minimum atomic E-state index is 0.396. The van der Waals surface area contributed by atoms with Gasteiger partial charge in [0.15, 0.2) is 0 Å². The summed E-state index contributed by atoms with van der Waals surface area (Å²) in [5.74, 6) is 0.680. The first-order valence-corrected chi connectivity index (χ1v) is 5.63. The highest BCUT2D eigenvalue weighted by Crippen LogP contribution is 2.18. The molecule has 1 aromatic heterocycles. The molecule has 3 N–H and O–H groups in total. The SMILES string of the molecule is CCCC(CC)Nc1ncc(C#N)cc1N. The first-order chi connectivity index (χ1) is 7.71. The molecule has 16 heavy (non-hydrogen) atoms. The molecule has 0 amide bonds. The van der Waals surface area contributed by atoms with Gasteiger partial charge in [-0.05, 0) is 18.9 Å². The smallest absolute Gasteiger partial charge is 0.149 e. The van der Waals surface area contributed by atoms with Crippen LogP contribution in [0, 0.1) is 11.3 Å². The van der Waals surface area contributed by atoms with Gasteiger partial charge in [-0.2, -0.15) is 5.26 Å². The Labute approximate surface area is 96.5 Å². The molecule has 1 heterocycles. The monoisotopic (exact) mass is 218 g/mol. The lowest BCUT2D eigenvalue weighted by molar-refractivity contribution is 0.621. The molecule has 0 aromatic carbocycles. The van der Waals surface area contributed by atoms with E-state index in [0.717, 1.165) is 19.3 Å². The van der Waals surface area contributed by atoms with E-state index < -0.39 is 0 Å². The van der Waals surface area contributed by atoms with E-state index in [4.69, 9.17) is 11.0 Å². The summed E-state index contributed by atoms with van der Waals surface area (Å²) in [5.41, 5.74) is 6.85. The predicted molar refractivity (Wildman–Crippen MR) is 66.0 cm³/mol. The molecule has 0 saturated heterocycles. The number of nitrogens with one attached hydrogen (secondary N) is 1. The lowest BCUT2D eigenvalue weighted by Crippen LogP contribution is -2.19. The molecular weight excluding hydrogens is 200 g/mol. The Balaban J connectivity index is 2.77. The minimum Gasteiger partial charge on any atom is -0.396 e. The van der Waals surface area contributed by atoms with Gasteiger partial charge in [0.25, 0.3) is 0 Å². The van der Waals surface area contributed by atoms with Gasteiger partial charge in [-0.3, -0.25) is 0 Å². The Hall–Kier alpha value is -1.76. The van der Waals surface area contributed by atoms with E-state index in [1.54, 1.807) is 6.07 Å². The standard InChI is InChI=1S/C12H18N4/c1-3-5-10(4-2)16-12-11(14)6-9(7-13)8-15-12/h6,8,10H,3-5,14H2,1-2H3,(H,15,16). The molecule has 0 spiro atoms. The molecule has 0 radical (unpaired) electrons. The Morgan fingerprint density at radius 3 is 2.81 bits per heavy atom. The fraction of sp³-hybridized carbons (Fsp3) is 0.500. The number of rotatable bonds is 5. The van der Waals surface area contributed by atoms with Crippen molar-refractivity contribution in [2.45, 2.75) is 39.2 Å². The maximum absolute atomic E-state index is 8.70. The highest BCUT2D eigenvalue weighted by Gasteiger charge is 2.08. The van der Waals surface area contributed by atoms with Crippen molar-refractivity contribution in [3.05, 3.63) is 17.8 Å². The van der Waals surface area contributed by atoms with Crippen LogP contribution < -0.4 is 11.1 Å². The van der Waals surface area contributed by atoms with Crippen LogP contribution in [-0.4, -0.2) is 11.0 Å². The van der Waals surface area contributed by atoms with Gasteiger partial charge in [-0.15, -0.1) is 0 Å². The number of nitrogen functional groups attached to an aromatic ring is 1. The van der Waals surface area contributed by atoms with E-state index in [9.17, 15) is 0 Å². The van der Waals surface area contributed by atoms with Gasteiger partial charge < -0.3 is 11.1 Å². The molecule has 0 bridgehead atoms. The average molecular weight is 218 g/mol. The van der Waals surface area contributed by atoms with Crippen LogP contribution in [0.2, 0.25) is 0 Å². The van der Waals surface area contributed by atoms with Crippen LogP contribution in [0.4, 0.5) is 11.5 Å². The zero-order chi connectivity index (χ0) is 12.0. The number of aromatic nitrogens is 1. The van der Waals surface area contributed by atoms with Crippen LogP contribution in [-0.2, 0) is 0 Å². The Kier molecular flexibility index (Phi) is 4.59. The van der Waals surface area contributed by atoms with Crippen LogP contribution in [0.1, 0.15) is 38.7 Å². The summed E-state index contributed by atoms with van der Waals surface area (Å²) in [6.07, 6.45) is 4.80. The van der Waals surface area contributed by atoms with Crippen molar-refractivity contribution >= 4 is 11.5 Å². The number of hydrogen-bond donors (Lipinski definition) is 2. The van der Waals surface area contributed by atoms with E-state index >= 15 is 0 Å².